The van der Waals surface area contributed by atoms with Crippen molar-refractivity contribution in [2.24, 2.45) is 11.7 Å². The maximum Gasteiger partial charge on any atom is 0.229 e. The maximum atomic E-state index is 12.3. The highest BCUT2D eigenvalue weighted by Crippen LogP contribution is 2.28. The Morgan fingerprint density at radius 3 is 2.63 bits per heavy atom. The molecule has 19 heavy (non-hydrogen) atoms. The number of phenols is 1. The fraction of sp³-hybridized carbons (Fsp3) is 0.533. The highest BCUT2D eigenvalue weighted by atomic mass is 16.3. The van der Waals surface area contributed by atoms with Crippen LogP contribution in [-0.2, 0) is 4.79 Å². The van der Waals surface area contributed by atoms with Crippen molar-refractivity contribution in [2.75, 3.05) is 5.32 Å². The van der Waals surface area contributed by atoms with Crippen molar-refractivity contribution in [2.45, 2.75) is 45.6 Å². The van der Waals surface area contributed by atoms with E-state index in [2.05, 4.69) is 5.32 Å². The first kappa shape index (κ1) is 13.9. The zero-order valence-corrected chi connectivity index (χ0v) is 11.6. The molecule has 0 aromatic heterocycles. The molecule has 1 saturated carbocycles. The van der Waals surface area contributed by atoms with Gasteiger partial charge in [0.2, 0.25) is 5.91 Å². The lowest BCUT2D eigenvalue weighted by molar-refractivity contribution is -0.121. The summed E-state index contributed by atoms with van der Waals surface area (Å²) in [5.74, 6) is 0.160. The van der Waals surface area contributed by atoms with Crippen LogP contribution in [0.5, 0.6) is 5.75 Å². The summed E-state index contributed by atoms with van der Waals surface area (Å²) in [5.41, 5.74) is 8.41. The van der Waals surface area contributed by atoms with Gasteiger partial charge >= 0.3 is 0 Å². The van der Waals surface area contributed by atoms with Crippen LogP contribution >= 0.6 is 0 Å². The zero-order chi connectivity index (χ0) is 14.0. The van der Waals surface area contributed by atoms with Crippen LogP contribution < -0.4 is 11.1 Å². The van der Waals surface area contributed by atoms with E-state index in [1.54, 1.807) is 12.1 Å². The van der Waals surface area contributed by atoms with Crippen molar-refractivity contribution < 1.29 is 9.90 Å². The van der Waals surface area contributed by atoms with Crippen LogP contribution in [0.25, 0.3) is 0 Å². The number of nitrogens with one attached hydrogen (secondary N) is 1. The summed E-state index contributed by atoms with van der Waals surface area (Å²) in [6.45, 7) is 3.69. The van der Waals surface area contributed by atoms with Gasteiger partial charge in [0.05, 0.1) is 5.92 Å². The second kappa shape index (κ2) is 5.61. The van der Waals surface area contributed by atoms with Crippen LogP contribution in [0.4, 0.5) is 5.69 Å². The van der Waals surface area contributed by atoms with Crippen LogP contribution in [-0.4, -0.2) is 17.1 Å². The molecule has 0 saturated heterocycles. The lowest BCUT2D eigenvalue weighted by atomic mass is 9.84. The molecule has 1 aliphatic carbocycles. The molecule has 0 heterocycles. The maximum absolute atomic E-state index is 12.3. The molecule has 0 radical (unpaired) electrons. The largest absolute Gasteiger partial charge is 0.508 e. The number of benzene rings is 1. The van der Waals surface area contributed by atoms with Crippen molar-refractivity contribution in [3.05, 3.63) is 23.3 Å². The number of aryl methyl sites for hydroxylation is 2. The van der Waals surface area contributed by atoms with Crippen LogP contribution in [0.3, 0.4) is 0 Å². The van der Waals surface area contributed by atoms with Crippen molar-refractivity contribution in [3.63, 3.8) is 0 Å². The summed E-state index contributed by atoms with van der Waals surface area (Å²) in [4.78, 5) is 12.3. The van der Waals surface area contributed by atoms with Crippen LogP contribution in [0.2, 0.25) is 0 Å². The molecule has 4 nitrogen and oxygen atoms in total. The SMILES string of the molecule is Cc1cc(NC(=O)C2CCCCC2N)c(C)cc1O. The van der Waals surface area contributed by atoms with Gasteiger partial charge in [-0.05, 0) is 49.9 Å². The standard InChI is InChI=1S/C15H22N2O2/c1-9-8-14(18)10(2)7-13(9)17-15(19)11-5-3-4-6-12(11)16/h7-8,11-12,18H,3-6,16H2,1-2H3,(H,17,19). The predicted molar refractivity (Wildman–Crippen MR) is 76.1 cm³/mol. The molecular formula is C15H22N2O2. The lowest BCUT2D eigenvalue weighted by Crippen LogP contribution is -2.40. The Kier molecular flexibility index (Phi) is 4.10. The van der Waals surface area contributed by atoms with Gasteiger partial charge in [-0.15, -0.1) is 0 Å². The van der Waals surface area contributed by atoms with Crippen LogP contribution in [0.15, 0.2) is 12.1 Å². The average Bonchev–Trinajstić information content (AvgIpc) is 2.36. The van der Waals surface area contributed by atoms with E-state index in [-0.39, 0.29) is 23.6 Å². The number of phenolic OH excluding ortho intramolecular Hbond substituents is 1. The van der Waals surface area contributed by atoms with Gasteiger partial charge in [-0.25, -0.2) is 0 Å². The van der Waals surface area contributed by atoms with E-state index < -0.39 is 0 Å². The van der Waals surface area contributed by atoms with Gasteiger partial charge in [0.25, 0.3) is 0 Å². The molecule has 1 aromatic rings. The summed E-state index contributed by atoms with van der Waals surface area (Å²) in [6.07, 6.45) is 3.97. The zero-order valence-electron chi connectivity index (χ0n) is 11.6. The minimum absolute atomic E-state index is 0.000361. The third kappa shape index (κ3) is 3.07. The average molecular weight is 262 g/mol. The molecule has 1 amide bonds. The number of carbonyl (C=O) groups excluding carboxylic acids is 1. The minimum Gasteiger partial charge on any atom is -0.508 e. The second-order valence-electron chi connectivity index (χ2n) is 5.50. The fourth-order valence-electron chi connectivity index (χ4n) is 2.65. The summed E-state index contributed by atoms with van der Waals surface area (Å²) in [5, 5.41) is 12.6. The molecule has 1 fully saturated rings. The molecule has 0 spiro atoms. The summed E-state index contributed by atoms with van der Waals surface area (Å²) >= 11 is 0. The van der Waals surface area contributed by atoms with Gasteiger partial charge in [0.1, 0.15) is 5.75 Å². The smallest absolute Gasteiger partial charge is 0.229 e. The molecular weight excluding hydrogens is 240 g/mol. The number of rotatable bonds is 2. The van der Waals surface area contributed by atoms with E-state index in [1.807, 2.05) is 13.8 Å². The molecule has 2 unspecified atom stereocenters. The molecule has 4 N–H and O–H groups in total. The number of carbonyl (C=O) groups is 1. The highest BCUT2D eigenvalue weighted by Gasteiger charge is 2.28. The first-order chi connectivity index (χ1) is 8.99. The van der Waals surface area contributed by atoms with E-state index >= 15 is 0 Å². The molecule has 0 aliphatic heterocycles. The van der Waals surface area contributed by atoms with Gasteiger partial charge in [-0.3, -0.25) is 4.79 Å². The first-order valence-electron chi connectivity index (χ1n) is 6.85. The van der Waals surface area contributed by atoms with Gasteiger partial charge in [0, 0.05) is 11.7 Å². The molecule has 0 bridgehead atoms. The first-order valence-corrected chi connectivity index (χ1v) is 6.85. The van der Waals surface area contributed by atoms with E-state index in [0.29, 0.717) is 0 Å². The highest BCUT2D eigenvalue weighted by molar-refractivity contribution is 5.94. The Morgan fingerprint density at radius 2 is 1.95 bits per heavy atom. The molecule has 1 aliphatic rings. The normalized spacial score (nSPS) is 23.1. The summed E-state index contributed by atoms with van der Waals surface area (Å²) in [6, 6.07) is 3.44. The monoisotopic (exact) mass is 262 g/mol. The van der Waals surface area contributed by atoms with Gasteiger partial charge in [0.15, 0.2) is 0 Å². The predicted octanol–water partition coefficient (Wildman–Crippen LogP) is 2.47. The van der Waals surface area contributed by atoms with E-state index in [0.717, 1.165) is 42.5 Å². The number of hydrogen-bond donors (Lipinski definition) is 3. The Bertz CT molecular complexity index is 485. The summed E-state index contributed by atoms with van der Waals surface area (Å²) < 4.78 is 0. The van der Waals surface area contributed by atoms with Gasteiger partial charge in [-0.2, -0.15) is 0 Å². The Morgan fingerprint density at radius 1 is 1.26 bits per heavy atom. The number of anilines is 1. The van der Waals surface area contributed by atoms with Crippen LogP contribution in [0.1, 0.15) is 36.8 Å². The lowest BCUT2D eigenvalue weighted by Gasteiger charge is -2.27. The molecule has 4 heteroatoms. The summed E-state index contributed by atoms with van der Waals surface area (Å²) in [7, 11) is 0. The van der Waals surface area contributed by atoms with E-state index in [9.17, 15) is 9.90 Å². The van der Waals surface area contributed by atoms with Gasteiger partial charge in [-0.1, -0.05) is 12.8 Å². The third-order valence-corrected chi connectivity index (χ3v) is 3.96. The Balaban J connectivity index is 2.12. The quantitative estimate of drug-likeness (QED) is 0.717. The fourth-order valence-corrected chi connectivity index (χ4v) is 2.65. The van der Waals surface area contributed by atoms with Crippen molar-refractivity contribution in [1.29, 1.82) is 0 Å². The second-order valence-corrected chi connectivity index (χ2v) is 5.50. The number of amides is 1. The Labute approximate surface area is 114 Å². The Hall–Kier alpha value is -1.55. The number of hydrogen-bond acceptors (Lipinski definition) is 3. The topological polar surface area (TPSA) is 75.4 Å². The van der Waals surface area contributed by atoms with Gasteiger partial charge < -0.3 is 16.2 Å². The van der Waals surface area contributed by atoms with Crippen LogP contribution in [0, 0.1) is 19.8 Å². The third-order valence-electron chi connectivity index (χ3n) is 3.96. The van der Waals surface area contributed by atoms with E-state index in [4.69, 9.17) is 5.73 Å². The van der Waals surface area contributed by atoms with Crippen molar-refractivity contribution in [3.8, 4) is 5.75 Å². The number of aromatic hydroxyl groups is 1. The van der Waals surface area contributed by atoms with Crippen molar-refractivity contribution in [1.82, 2.24) is 0 Å². The van der Waals surface area contributed by atoms with E-state index in [1.165, 1.54) is 0 Å². The van der Waals surface area contributed by atoms with Crippen molar-refractivity contribution >= 4 is 11.6 Å². The molecule has 1 aromatic carbocycles. The minimum atomic E-state index is -0.0951. The molecule has 2 atom stereocenters. The molecule has 104 valence electrons. The molecule has 2 rings (SSSR count). The number of nitrogens with two attached hydrogens (primary N) is 1.